The van der Waals surface area contributed by atoms with Crippen molar-refractivity contribution in [1.29, 1.82) is 0 Å². The van der Waals surface area contributed by atoms with Gasteiger partial charge < -0.3 is 5.32 Å². The van der Waals surface area contributed by atoms with Crippen LogP contribution in [0, 0.1) is 5.82 Å². The van der Waals surface area contributed by atoms with Crippen molar-refractivity contribution < 1.29 is 9.18 Å². The summed E-state index contributed by atoms with van der Waals surface area (Å²) in [4.78, 5) is 15.6. The highest BCUT2D eigenvalue weighted by atomic mass is 32.2. The number of anilines is 2. The van der Waals surface area contributed by atoms with E-state index >= 15 is 0 Å². The fraction of sp³-hybridized carbons (Fsp3) is 0.278. The van der Waals surface area contributed by atoms with E-state index in [9.17, 15) is 9.18 Å². The molecule has 1 heterocycles. The van der Waals surface area contributed by atoms with Crippen molar-refractivity contribution in [3.63, 3.8) is 0 Å². The first-order valence-corrected chi connectivity index (χ1v) is 8.83. The molecule has 1 aliphatic heterocycles. The molecular formula is C18H19FN2OS. The predicted molar refractivity (Wildman–Crippen MR) is 93.9 cm³/mol. The lowest BCUT2D eigenvalue weighted by Crippen LogP contribution is -2.44. The molecule has 3 nitrogen and oxygen atoms in total. The lowest BCUT2D eigenvalue weighted by molar-refractivity contribution is 0.254. The Balaban J connectivity index is 1.83. The number of halogens is 1. The van der Waals surface area contributed by atoms with E-state index < -0.39 is 0 Å². The van der Waals surface area contributed by atoms with Gasteiger partial charge in [0.15, 0.2) is 0 Å². The van der Waals surface area contributed by atoms with Crippen LogP contribution in [0.5, 0.6) is 0 Å². The summed E-state index contributed by atoms with van der Waals surface area (Å²) in [7, 11) is 0. The zero-order chi connectivity index (χ0) is 16.4. The maximum atomic E-state index is 13.4. The zero-order valence-electron chi connectivity index (χ0n) is 13.2. The third-order valence-corrected chi connectivity index (χ3v) is 4.88. The molecule has 2 aromatic rings. The zero-order valence-corrected chi connectivity index (χ0v) is 14.0. The summed E-state index contributed by atoms with van der Waals surface area (Å²) >= 11 is 1.66. The Hall–Kier alpha value is -2.01. The fourth-order valence-corrected chi connectivity index (χ4v) is 3.30. The van der Waals surface area contributed by atoms with Gasteiger partial charge in [-0.05, 0) is 74.0 Å². The molecule has 1 aliphatic rings. The number of carbonyl (C=O) groups is 1. The van der Waals surface area contributed by atoms with Gasteiger partial charge in [0.2, 0.25) is 0 Å². The van der Waals surface area contributed by atoms with Crippen molar-refractivity contribution in [3.8, 4) is 0 Å². The molecule has 3 rings (SSSR count). The third-order valence-electron chi connectivity index (χ3n) is 4.13. The van der Waals surface area contributed by atoms with Crippen molar-refractivity contribution in [2.24, 2.45) is 0 Å². The van der Waals surface area contributed by atoms with Crippen LogP contribution < -0.4 is 10.2 Å². The minimum atomic E-state index is -0.258. The molecule has 0 aliphatic carbocycles. The number of nitrogens with one attached hydrogen (secondary N) is 1. The Labute approximate surface area is 139 Å². The molecule has 0 aromatic heterocycles. The number of hydrogen-bond acceptors (Lipinski definition) is 2. The van der Waals surface area contributed by atoms with E-state index in [0.717, 1.165) is 34.7 Å². The number of rotatable bonds is 2. The molecule has 0 saturated heterocycles. The van der Waals surface area contributed by atoms with Crippen molar-refractivity contribution in [3.05, 3.63) is 53.8 Å². The van der Waals surface area contributed by atoms with Gasteiger partial charge in [-0.2, -0.15) is 0 Å². The summed E-state index contributed by atoms with van der Waals surface area (Å²) in [5.74, 6) is -0.258. The maximum absolute atomic E-state index is 13.4. The number of fused-ring (bicyclic) bond motifs is 1. The maximum Gasteiger partial charge on any atom is 0.326 e. The Morgan fingerprint density at radius 1 is 1.26 bits per heavy atom. The second-order valence-corrected chi connectivity index (χ2v) is 6.57. The number of amides is 2. The summed E-state index contributed by atoms with van der Waals surface area (Å²) in [6, 6.07) is 12.3. The Morgan fingerprint density at radius 3 is 2.70 bits per heavy atom. The van der Waals surface area contributed by atoms with Gasteiger partial charge in [-0.15, -0.1) is 11.8 Å². The first kappa shape index (κ1) is 15.9. The van der Waals surface area contributed by atoms with Crippen LogP contribution in [0.25, 0.3) is 0 Å². The van der Waals surface area contributed by atoms with Crippen molar-refractivity contribution in [2.75, 3.05) is 16.5 Å². The average Bonchev–Trinajstić information content (AvgIpc) is 2.55. The molecule has 0 saturated carbocycles. The Bertz CT molecular complexity index is 717. The molecule has 0 bridgehead atoms. The van der Waals surface area contributed by atoms with Crippen molar-refractivity contribution in [2.45, 2.75) is 30.7 Å². The molecule has 1 atom stereocenters. The van der Waals surface area contributed by atoms with E-state index in [-0.39, 0.29) is 17.9 Å². The number of benzene rings is 2. The number of hydrogen-bond donors (Lipinski definition) is 1. The van der Waals surface area contributed by atoms with E-state index in [4.69, 9.17) is 0 Å². The molecule has 23 heavy (non-hydrogen) atoms. The molecule has 2 amide bonds. The summed E-state index contributed by atoms with van der Waals surface area (Å²) < 4.78 is 13.4. The predicted octanol–water partition coefficient (Wildman–Crippen LogP) is 4.92. The van der Waals surface area contributed by atoms with E-state index in [1.165, 1.54) is 12.1 Å². The van der Waals surface area contributed by atoms with Gasteiger partial charge >= 0.3 is 6.03 Å². The first-order valence-electron chi connectivity index (χ1n) is 7.61. The summed E-state index contributed by atoms with van der Waals surface area (Å²) in [5, 5.41) is 2.93. The van der Waals surface area contributed by atoms with Gasteiger partial charge in [0.25, 0.3) is 0 Å². The lowest BCUT2D eigenvalue weighted by Gasteiger charge is -2.35. The van der Waals surface area contributed by atoms with Crippen LogP contribution in [0.3, 0.4) is 0 Å². The summed E-state index contributed by atoms with van der Waals surface area (Å²) in [6.45, 7) is 2.02. The van der Waals surface area contributed by atoms with Crippen LogP contribution in [0.4, 0.5) is 20.6 Å². The van der Waals surface area contributed by atoms with Crippen molar-refractivity contribution >= 4 is 29.2 Å². The highest BCUT2D eigenvalue weighted by molar-refractivity contribution is 7.98. The molecule has 0 radical (unpaired) electrons. The highest BCUT2D eigenvalue weighted by Crippen LogP contribution is 2.32. The molecule has 1 N–H and O–H groups in total. The minimum Gasteiger partial charge on any atom is -0.308 e. The van der Waals surface area contributed by atoms with E-state index in [1.54, 1.807) is 22.7 Å². The van der Waals surface area contributed by atoms with Gasteiger partial charge in [0.05, 0.1) is 0 Å². The Morgan fingerprint density at radius 2 is 2.00 bits per heavy atom. The Kier molecular flexibility index (Phi) is 4.57. The van der Waals surface area contributed by atoms with Crippen LogP contribution in [0.1, 0.15) is 18.9 Å². The minimum absolute atomic E-state index is 0.0819. The van der Waals surface area contributed by atoms with Crippen LogP contribution in [0.2, 0.25) is 0 Å². The quantitative estimate of drug-likeness (QED) is 0.793. The SMILES string of the molecule is CSc1ccc(NC(=O)N2c3ccc(F)cc3CC[C@@H]2C)cc1. The smallest absolute Gasteiger partial charge is 0.308 e. The lowest BCUT2D eigenvalue weighted by atomic mass is 9.97. The number of urea groups is 1. The van der Waals surface area contributed by atoms with Crippen molar-refractivity contribution in [1.82, 2.24) is 0 Å². The molecule has 2 aromatic carbocycles. The highest BCUT2D eigenvalue weighted by Gasteiger charge is 2.28. The number of nitrogens with zero attached hydrogens (tertiary/aromatic N) is 1. The van der Waals surface area contributed by atoms with E-state index in [1.807, 2.05) is 37.4 Å². The largest absolute Gasteiger partial charge is 0.326 e. The molecular weight excluding hydrogens is 311 g/mol. The third kappa shape index (κ3) is 3.34. The second kappa shape index (κ2) is 6.62. The molecule has 5 heteroatoms. The first-order chi connectivity index (χ1) is 11.1. The van der Waals surface area contributed by atoms with Crippen LogP contribution in [0.15, 0.2) is 47.4 Å². The molecule has 0 unspecified atom stereocenters. The van der Waals surface area contributed by atoms with Gasteiger partial charge in [0, 0.05) is 22.3 Å². The van der Waals surface area contributed by atoms with Gasteiger partial charge in [-0.25, -0.2) is 9.18 Å². The molecule has 120 valence electrons. The van der Waals surface area contributed by atoms with Gasteiger partial charge in [-0.1, -0.05) is 0 Å². The monoisotopic (exact) mass is 330 g/mol. The normalized spacial score (nSPS) is 16.8. The van der Waals surface area contributed by atoms with Crippen LogP contribution >= 0.6 is 11.8 Å². The van der Waals surface area contributed by atoms with E-state index in [2.05, 4.69) is 5.32 Å². The second-order valence-electron chi connectivity index (χ2n) is 5.69. The number of aryl methyl sites for hydroxylation is 1. The van der Waals surface area contributed by atoms with Gasteiger partial charge in [0.1, 0.15) is 5.82 Å². The summed E-state index contributed by atoms with van der Waals surface area (Å²) in [6.07, 6.45) is 3.63. The topological polar surface area (TPSA) is 32.3 Å². The van der Waals surface area contributed by atoms with Gasteiger partial charge in [-0.3, -0.25) is 4.90 Å². The molecule has 0 spiro atoms. The summed E-state index contributed by atoms with van der Waals surface area (Å²) in [5.41, 5.74) is 2.44. The van der Waals surface area contributed by atoms with E-state index in [0.29, 0.717) is 0 Å². The van der Waals surface area contributed by atoms with Crippen LogP contribution in [-0.2, 0) is 6.42 Å². The van der Waals surface area contributed by atoms with Crippen LogP contribution in [-0.4, -0.2) is 18.3 Å². The average molecular weight is 330 g/mol. The molecule has 0 fully saturated rings. The number of thioether (sulfide) groups is 1. The fourth-order valence-electron chi connectivity index (χ4n) is 2.89. The standard InChI is InChI=1S/C18H19FN2OS/c1-12-3-4-13-11-14(19)5-10-17(13)21(12)18(22)20-15-6-8-16(23-2)9-7-15/h5-12H,3-4H2,1-2H3,(H,20,22)/t12-/m0/s1. The number of carbonyl (C=O) groups excluding carboxylic acids is 1.